The number of carbonyl (C=O) groups excluding carboxylic acids is 1. The van der Waals surface area contributed by atoms with Crippen molar-refractivity contribution in [2.75, 3.05) is 13.1 Å². The van der Waals surface area contributed by atoms with E-state index in [4.69, 9.17) is 0 Å². The molecule has 0 aromatic carbocycles. The van der Waals surface area contributed by atoms with Gasteiger partial charge in [0.05, 0.1) is 6.42 Å². The molecule has 3 nitrogen and oxygen atoms in total. The first kappa shape index (κ1) is 12.4. The number of rotatable bonds is 3. The Morgan fingerprint density at radius 2 is 2.32 bits per heavy atom. The second kappa shape index (κ2) is 5.53. The van der Waals surface area contributed by atoms with E-state index in [1.54, 1.807) is 11.3 Å². The zero-order chi connectivity index (χ0) is 13.1. The first-order valence-electron chi connectivity index (χ1n) is 6.54. The minimum absolute atomic E-state index is 0.237. The molecule has 1 unspecified atom stereocenters. The molecule has 2 aromatic rings. The summed E-state index contributed by atoms with van der Waals surface area (Å²) in [5.41, 5.74) is 1.11. The molecule has 1 amide bonds. The Kier molecular flexibility index (Phi) is 3.60. The van der Waals surface area contributed by atoms with Gasteiger partial charge in [-0.3, -0.25) is 9.78 Å². The van der Waals surface area contributed by atoms with Crippen LogP contribution in [0.2, 0.25) is 0 Å². The Hall–Kier alpha value is -1.68. The van der Waals surface area contributed by atoms with E-state index >= 15 is 0 Å². The van der Waals surface area contributed by atoms with Gasteiger partial charge in [-0.1, -0.05) is 12.1 Å². The van der Waals surface area contributed by atoms with Gasteiger partial charge in [0.1, 0.15) is 0 Å². The molecule has 1 atom stereocenters. The van der Waals surface area contributed by atoms with Gasteiger partial charge in [0.2, 0.25) is 5.91 Å². The van der Waals surface area contributed by atoms with Crippen LogP contribution in [0, 0.1) is 0 Å². The molecule has 1 aliphatic rings. The molecule has 1 saturated heterocycles. The van der Waals surface area contributed by atoms with Crippen LogP contribution in [-0.4, -0.2) is 28.9 Å². The van der Waals surface area contributed by atoms with E-state index in [0.29, 0.717) is 12.3 Å². The zero-order valence-electron chi connectivity index (χ0n) is 10.7. The summed E-state index contributed by atoms with van der Waals surface area (Å²) in [4.78, 5) is 19.7. The highest BCUT2D eigenvalue weighted by atomic mass is 32.1. The quantitative estimate of drug-likeness (QED) is 0.860. The van der Waals surface area contributed by atoms with Gasteiger partial charge in [-0.2, -0.15) is 0 Å². The monoisotopic (exact) mass is 272 g/mol. The van der Waals surface area contributed by atoms with Gasteiger partial charge >= 0.3 is 0 Å². The minimum Gasteiger partial charge on any atom is -0.342 e. The molecule has 1 fully saturated rings. The number of likely N-dealkylation sites (tertiary alicyclic amines) is 1. The molecule has 98 valence electrons. The van der Waals surface area contributed by atoms with Crippen LogP contribution in [0.1, 0.15) is 22.9 Å². The lowest BCUT2D eigenvalue weighted by atomic mass is 10.0. The summed E-state index contributed by atoms with van der Waals surface area (Å²) >= 11 is 1.65. The lowest BCUT2D eigenvalue weighted by Gasteiger charge is -2.16. The predicted octanol–water partition coefficient (Wildman–Crippen LogP) is 2.70. The van der Waals surface area contributed by atoms with Crippen LogP contribution in [0.4, 0.5) is 0 Å². The molecule has 0 radical (unpaired) electrons. The Balaban J connectivity index is 1.61. The van der Waals surface area contributed by atoms with Crippen molar-refractivity contribution in [2.45, 2.75) is 18.8 Å². The maximum absolute atomic E-state index is 12.2. The largest absolute Gasteiger partial charge is 0.342 e. The maximum atomic E-state index is 12.2. The summed E-state index contributed by atoms with van der Waals surface area (Å²) in [6.07, 6.45) is 3.38. The summed E-state index contributed by atoms with van der Waals surface area (Å²) in [6, 6.07) is 10.0. The van der Waals surface area contributed by atoms with Crippen LogP contribution >= 0.6 is 11.3 Å². The lowest BCUT2D eigenvalue weighted by Crippen LogP contribution is -2.29. The molecule has 3 rings (SSSR count). The second-order valence-corrected chi connectivity index (χ2v) is 5.87. The van der Waals surface area contributed by atoms with Crippen molar-refractivity contribution in [3.05, 3.63) is 52.5 Å². The molecule has 0 bridgehead atoms. The number of pyridine rings is 1. The summed E-state index contributed by atoms with van der Waals surface area (Å²) in [6.45, 7) is 1.66. The second-order valence-electron chi connectivity index (χ2n) is 4.84. The third kappa shape index (κ3) is 2.84. The number of thiophene rings is 1. The van der Waals surface area contributed by atoms with Crippen molar-refractivity contribution in [1.82, 2.24) is 9.88 Å². The highest BCUT2D eigenvalue weighted by molar-refractivity contribution is 7.10. The summed E-state index contributed by atoms with van der Waals surface area (Å²) < 4.78 is 0. The molecule has 0 aliphatic carbocycles. The van der Waals surface area contributed by atoms with Crippen LogP contribution in [0.3, 0.4) is 0 Å². The molecule has 0 N–H and O–H groups in total. The minimum atomic E-state index is 0.237. The van der Waals surface area contributed by atoms with E-state index in [-0.39, 0.29) is 5.91 Å². The molecular weight excluding hydrogens is 256 g/mol. The van der Waals surface area contributed by atoms with Crippen molar-refractivity contribution in [1.29, 1.82) is 0 Å². The molecule has 4 heteroatoms. The average Bonchev–Trinajstić information content (AvgIpc) is 3.10. The molecule has 19 heavy (non-hydrogen) atoms. The van der Waals surface area contributed by atoms with Gasteiger partial charge in [-0.15, -0.1) is 11.3 Å². The number of aromatic nitrogens is 1. The Morgan fingerprint density at radius 3 is 3.05 bits per heavy atom. The summed E-state index contributed by atoms with van der Waals surface area (Å²) in [5.74, 6) is 0.634. The van der Waals surface area contributed by atoms with E-state index in [2.05, 4.69) is 11.1 Å². The van der Waals surface area contributed by atoms with Crippen LogP contribution < -0.4 is 0 Å². The highest BCUT2D eigenvalue weighted by Crippen LogP contribution is 2.26. The molecule has 0 spiro atoms. The van der Waals surface area contributed by atoms with Gasteiger partial charge in [-0.25, -0.2) is 0 Å². The van der Waals surface area contributed by atoms with Crippen LogP contribution in [0.25, 0.3) is 0 Å². The number of nitrogens with zero attached hydrogens (tertiary/aromatic N) is 2. The van der Waals surface area contributed by atoms with Gasteiger partial charge in [0.15, 0.2) is 0 Å². The normalized spacial score (nSPS) is 18.7. The SMILES string of the molecule is O=C(Cc1cccs1)N1CCC(c2ccccn2)C1. The first-order valence-corrected chi connectivity index (χ1v) is 7.42. The van der Waals surface area contributed by atoms with Crippen LogP contribution in [0.5, 0.6) is 0 Å². The zero-order valence-corrected chi connectivity index (χ0v) is 11.5. The molecule has 1 aliphatic heterocycles. The van der Waals surface area contributed by atoms with E-state index < -0.39 is 0 Å². The number of carbonyl (C=O) groups is 1. The molecular formula is C15H16N2OS. The number of amides is 1. The molecule has 0 saturated carbocycles. The Bertz CT molecular complexity index is 539. The fourth-order valence-electron chi connectivity index (χ4n) is 2.52. The fraction of sp³-hybridized carbons (Fsp3) is 0.333. The Labute approximate surface area is 116 Å². The number of hydrogen-bond acceptors (Lipinski definition) is 3. The van der Waals surface area contributed by atoms with Crippen molar-refractivity contribution < 1.29 is 4.79 Å². The Morgan fingerprint density at radius 1 is 1.37 bits per heavy atom. The predicted molar refractivity (Wildman–Crippen MR) is 76.2 cm³/mol. The smallest absolute Gasteiger partial charge is 0.227 e. The van der Waals surface area contributed by atoms with E-state index in [1.807, 2.05) is 40.7 Å². The van der Waals surface area contributed by atoms with Crippen LogP contribution in [-0.2, 0) is 11.2 Å². The first-order chi connectivity index (χ1) is 9.33. The average molecular weight is 272 g/mol. The summed E-state index contributed by atoms with van der Waals surface area (Å²) in [7, 11) is 0. The van der Waals surface area contributed by atoms with Gasteiger partial charge in [0.25, 0.3) is 0 Å². The maximum Gasteiger partial charge on any atom is 0.227 e. The number of hydrogen-bond donors (Lipinski definition) is 0. The van der Waals surface area contributed by atoms with E-state index in [9.17, 15) is 4.79 Å². The van der Waals surface area contributed by atoms with Crippen molar-refractivity contribution >= 4 is 17.2 Å². The van der Waals surface area contributed by atoms with Crippen molar-refractivity contribution in [2.24, 2.45) is 0 Å². The third-order valence-electron chi connectivity index (χ3n) is 3.55. The van der Waals surface area contributed by atoms with Crippen molar-refractivity contribution in [3.8, 4) is 0 Å². The molecule has 2 aromatic heterocycles. The van der Waals surface area contributed by atoms with Gasteiger partial charge in [-0.05, 0) is 30.0 Å². The van der Waals surface area contributed by atoms with Gasteiger partial charge < -0.3 is 4.90 Å². The highest BCUT2D eigenvalue weighted by Gasteiger charge is 2.27. The lowest BCUT2D eigenvalue weighted by molar-refractivity contribution is -0.129. The van der Waals surface area contributed by atoms with Gasteiger partial charge in [0, 0.05) is 35.8 Å². The van der Waals surface area contributed by atoms with E-state index in [1.165, 1.54) is 0 Å². The summed E-state index contributed by atoms with van der Waals surface area (Å²) in [5, 5.41) is 2.02. The molecule has 3 heterocycles. The van der Waals surface area contributed by atoms with Crippen LogP contribution in [0.15, 0.2) is 41.9 Å². The third-order valence-corrected chi connectivity index (χ3v) is 4.43. The van der Waals surface area contributed by atoms with Crippen molar-refractivity contribution in [3.63, 3.8) is 0 Å². The van der Waals surface area contributed by atoms with E-state index in [0.717, 1.165) is 30.1 Å². The standard InChI is InChI=1S/C15H16N2OS/c18-15(10-13-4-3-9-19-13)17-8-6-12(11-17)14-5-1-2-7-16-14/h1-5,7,9,12H,6,8,10-11H2. The fourth-order valence-corrected chi connectivity index (χ4v) is 3.22. The topological polar surface area (TPSA) is 33.2 Å².